The molecule has 2 N–H and O–H groups in total. The molecule has 2 amide bonds. The highest BCUT2D eigenvalue weighted by Gasteiger charge is 2.42. The molecule has 1 aromatic heterocycles. The average molecular weight is 360 g/mol. The molecule has 6 heteroatoms. The third-order valence-corrected chi connectivity index (χ3v) is 6.80. The number of rotatable bonds is 5. The SMILES string of the molecule is CCNC(=O)NC[C@H]1C[C@H]2CCN1C[C@@H]2c1cc(C2CCCC2)nn1C. The lowest BCUT2D eigenvalue weighted by atomic mass is 9.74. The zero-order chi connectivity index (χ0) is 18.1. The van der Waals surface area contributed by atoms with Crippen molar-refractivity contribution in [3.63, 3.8) is 0 Å². The molecule has 4 atom stereocenters. The molecule has 144 valence electrons. The van der Waals surface area contributed by atoms with Gasteiger partial charge in [0.1, 0.15) is 0 Å². The van der Waals surface area contributed by atoms with Crippen LogP contribution in [0.1, 0.15) is 68.7 Å². The fourth-order valence-corrected chi connectivity index (χ4v) is 5.39. The number of piperidine rings is 3. The van der Waals surface area contributed by atoms with Gasteiger partial charge in [-0.25, -0.2) is 4.79 Å². The smallest absolute Gasteiger partial charge is 0.314 e. The van der Waals surface area contributed by atoms with Gasteiger partial charge in [-0.2, -0.15) is 5.10 Å². The normalized spacial score (nSPS) is 31.3. The molecule has 1 unspecified atom stereocenters. The van der Waals surface area contributed by atoms with E-state index >= 15 is 0 Å². The van der Waals surface area contributed by atoms with Crippen LogP contribution in [-0.4, -0.2) is 52.9 Å². The first-order valence-corrected chi connectivity index (χ1v) is 10.4. The molecule has 2 bridgehead atoms. The first-order chi connectivity index (χ1) is 12.7. The summed E-state index contributed by atoms with van der Waals surface area (Å²) in [6.45, 7) is 5.65. The summed E-state index contributed by atoms with van der Waals surface area (Å²) < 4.78 is 2.15. The number of urea groups is 1. The standard InChI is InChI=1S/C20H33N5O/c1-3-21-20(26)22-12-16-10-15-8-9-25(16)13-17(15)19-11-18(23-24(19)2)14-6-4-5-7-14/h11,14-17H,3-10,12-13H2,1-2H3,(H2,21,22,26)/t15-,16-,17+/m1/s1. The van der Waals surface area contributed by atoms with Gasteiger partial charge in [-0.05, 0) is 51.1 Å². The Kier molecular flexibility index (Phi) is 5.20. The molecule has 4 aliphatic rings. The van der Waals surface area contributed by atoms with Crippen molar-refractivity contribution in [2.24, 2.45) is 13.0 Å². The fraction of sp³-hybridized carbons (Fsp3) is 0.800. The van der Waals surface area contributed by atoms with Crippen LogP contribution in [0.2, 0.25) is 0 Å². The maximum absolute atomic E-state index is 11.7. The molecule has 4 fully saturated rings. The van der Waals surface area contributed by atoms with Crippen molar-refractivity contribution < 1.29 is 4.79 Å². The Labute approximate surface area is 156 Å². The van der Waals surface area contributed by atoms with Crippen LogP contribution >= 0.6 is 0 Å². The molecule has 1 saturated carbocycles. The lowest BCUT2D eigenvalue weighted by Gasteiger charge is -2.49. The van der Waals surface area contributed by atoms with Gasteiger partial charge >= 0.3 is 6.03 Å². The van der Waals surface area contributed by atoms with Gasteiger partial charge in [0.2, 0.25) is 0 Å². The van der Waals surface area contributed by atoms with E-state index in [1.54, 1.807) is 0 Å². The number of aryl methyl sites for hydroxylation is 1. The van der Waals surface area contributed by atoms with Gasteiger partial charge in [-0.3, -0.25) is 9.58 Å². The largest absolute Gasteiger partial charge is 0.338 e. The number of fused-ring (bicyclic) bond motifs is 3. The van der Waals surface area contributed by atoms with Crippen LogP contribution in [0.5, 0.6) is 0 Å². The molecule has 5 rings (SSSR count). The summed E-state index contributed by atoms with van der Waals surface area (Å²) in [5.41, 5.74) is 2.75. The van der Waals surface area contributed by atoms with Gasteiger partial charge in [-0.1, -0.05) is 12.8 Å². The molecule has 4 heterocycles. The number of amides is 2. The van der Waals surface area contributed by atoms with Gasteiger partial charge in [-0.15, -0.1) is 0 Å². The van der Waals surface area contributed by atoms with Crippen molar-refractivity contribution in [1.29, 1.82) is 0 Å². The highest BCUT2D eigenvalue weighted by atomic mass is 16.2. The van der Waals surface area contributed by atoms with E-state index in [1.165, 1.54) is 49.9 Å². The van der Waals surface area contributed by atoms with E-state index in [0.29, 0.717) is 30.3 Å². The number of nitrogens with zero attached hydrogens (tertiary/aromatic N) is 3. The number of aromatic nitrogens is 2. The monoisotopic (exact) mass is 359 g/mol. The van der Waals surface area contributed by atoms with E-state index in [9.17, 15) is 4.79 Å². The number of nitrogens with one attached hydrogen (secondary N) is 2. The Morgan fingerprint density at radius 3 is 2.77 bits per heavy atom. The Balaban J connectivity index is 1.40. The predicted molar refractivity (Wildman–Crippen MR) is 102 cm³/mol. The summed E-state index contributed by atoms with van der Waals surface area (Å²) in [6, 6.07) is 2.85. The van der Waals surface area contributed by atoms with Crippen LogP contribution in [-0.2, 0) is 7.05 Å². The van der Waals surface area contributed by atoms with E-state index in [1.807, 2.05) is 6.92 Å². The summed E-state index contributed by atoms with van der Waals surface area (Å²) in [5.74, 6) is 2.00. The summed E-state index contributed by atoms with van der Waals surface area (Å²) in [6.07, 6.45) is 7.79. The summed E-state index contributed by atoms with van der Waals surface area (Å²) >= 11 is 0. The summed E-state index contributed by atoms with van der Waals surface area (Å²) in [4.78, 5) is 14.3. The van der Waals surface area contributed by atoms with E-state index in [2.05, 4.69) is 33.3 Å². The molecule has 0 spiro atoms. The number of carbonyl (C=O) groups is 1. The van der Waals surface area contributed by atoms with Crippen LogP contribution in [0.15, 0.2) is 6.07 Å². The second kappa shape index (κ2) is 7.59. The van der Waals surface area contributed by atoms with E-state index in [0.717, 1.165) is 19.6 Å². The van der Waals surface area contributed by atoms with Crippen molar-refractivity contribution in [1.82, 2.24) is 25.3 Å². The van der Waals surface area contributed by atoms with Gasteiger partial charge in [0, 0.05) is 50.3 Å². The fourth-order valence-electron chi connectivity index (χ4n) is 5.39. The molecule has 1 aliphatic carbocycles. The molecular formula is C20H33N5O. The first-order valence-electron chi connectivity index (χ1n) is 10.4. The predicted octanol–water partition coefficient (Wildman–Crippen LogP) is 2.57. The molecular weight excluding hydrogens is 326 g/mol. The third kappa shape index (κ3) is 3.48. The van der Waals surface area contributed by atoms with E-state index < -0.39 is 0 Å². The highest BCUT2D eigenvalue weighted by molar-refractivity contribution is 5.73. The van der Waals surface area contributed by atoms with Gasteiger partial charge in [0.15, 0.2) is 0 Å². The minimum absolute atomic E-state index is 0.0421. The summed E-state index contributed by atoms with van der Waals surface area (Å²) in [7, 11) is 2.12. The first kappa shape index (κ1) is 17.8. The molecule has 0 aromatic carbocycles. The second-order valence-corrected chi connectivity index (χ2v) is 8.38. The summed E-state index contributed by atoms with van der Waals surface area (Å²) in [5, 5.41) is 10.7. The molecule has 26 heavy (non-hydrogen) atoms. The molecule has 3 saturated heterocycles. The lowest BCUT2D eigenvalue weighted by Crippen LogP contribution is -2.56. The van der Waals surface area contributed by atoms with E-state index in [-0.39, 0.29) is 6.03 Å². The Morgan fingerprint density at radius 1 is 1.27 bits per heavy atom. The highest BCUT2D eigenvalue weighted by Crippen LogP contribution is 2.43. The van der Waals surface area contributed by atoms with Crippen LogP contribution in [0.4, 0.5) is 4.79 Å². The van der Waals surface area contributed by atoms with Crippen molar-refractivity contribution in [2.75, 3.05) is 26.2 Å². The van der Waals surface area contributed by atoms with Crippen LogP contribution in [0, 0.1) is 5.92 Å². The molecule has 0 radical (unpaired) electrons. The zero-order valence-corrected chi connectivity index (χ0v) is 16.2. The molecule has 1 aromatic rings. The van der Waals surface area contributed by atoms with Gasteiger partial charge < -0.3 is 10.6 Å². The number of carbonyl (C=O) groups excluding carboxylic acids is 1. The lowest BCUT2D eigenvalue weighted by molar-refractivity contribution is 0.0294. The van der Waals surface area contributed by atoms with Crippen molar-refractivity contribution >= 4 is 6.03 Å². The number of hydrogen-bond donors (Lipinski definition) is 2. The quantitative estimate of drug-likeness (QED) is 0.849. The number of hydrogen-bond acceptors (Lipinski definition) is 3. The van der Waals surface area contributed by atoms with Gasteiger partial charge in [0.25, 0.3) is 0 Å². The maximum Gasteiger partial charge on any atom is 0.314 e. The van der Waals surface area contributed by atoms with Crippen LogP contribution in [0.3, 0.4) is 0 Å². The zero-order valence-electron chi connectivity index (χ0n) is 16.2. The Bertz CT molecular complexity index is 636. The average Bonchev–Trinajstić information content (AvgIpc) is 3.30. The maximum atomic E-state index is 11.7. The molecule has 3 aliphatic heterocycles. The van der Waals surface area contributed by atoms with Crippen molar-refractivity contribution in [3.8, 4) is 0 Å². The van der Waals surface area contributed by atoms with E-state index in [4.69, 9.17) is 5.10 Å². The van der Waals surface area contributed by atoms with Crippen LogP contribution < -0.4 is 10.6 Å². The Morgan fingerprint density at radius 2 is 2.08 bits per heavy atom. The molecule has 6 nitrogen and oxygen atoms in total. The van der Waals surface area contributed by atoms with Gasteiger partial charge in [0.05, 0.1) is 5.69 Å². The van der Waals surface area contributed by atoms with Crippen molar-refractivity contribution in [2.45, 2.75) is 63.3 Å². The minimum Gasteiger partial charge on any atom is -0.338 e. The second-order valence-electron chi connectivity index (χ2n) is 8.38. The van der Waals surface area contributed by atoms with Crippen molar-refractivity contribution in [3.05, 3.63) is 17.5 Å². The van der Waals surface area contributed by atoms with Crippen LogP contribution in [0.25, 0.3) is 0 Å². The topological polar surface area (TPSA) is 62.2 Å². The minimum atomic E-state index is -0.0421. The third-order valence-electron chi connectivity index (χ3n) is 6.80. The Hall–Kier alpha value is -1.56.